The molecule has 0 spiro atoms. The molecule has 0 aliphatic carbocycles. The number of benzene rings is 2. The number of amides is 1. The maximum Gasteiger partial charge on any atom is 0.247 e. The third-order valence-corrected chi connectivity index (χ3v) is 7.29. The van der Waals surface area contributed by atoms with Gasteiger partial charge in [0, 0.05) is 51.7 Å². The maximum atomic E-state index is 12.3. The van der Waals surface area contributed by atoms with Crippen LogP contribution in [0.3, 0.4) is 0 Å². The number of imidazole rings is 1. The number of likely N-dealkylation sites (N-methyl/N-ethyl adjacent to an activating group) is 1. The topological polar surface area (TPSA) is 122 Å². The third kappa shape index (κ3) is 7.16. The van der Waals surface area contributed by atoms with Crippen LogP contribution in [0.5, 0.6) is 11.5 Å². The zero-order chi connectivity index (χ0) is 30.3. The first-order chi connectivity index (χ1) is 20.8. The number of methoxy groups -OCH3 is 1. The number of hydrogen-bond donors (Lipinski definition) is 3. The van der Waals surface area contributed by atoms with E-state index in [1.807, 2.05) is 48.1 Å². The number of piperazine rings is 1. The van der Waals surface area contributed by atoms with Crippen molar-refractivity contribution in [1.29, 1.82) is 0 Å². The summed E-state index contributed by atoms with van der Waals surface area (Å²) in [7, 11) is 5.60. The summed E-state index contributed by atoms with van der Waals surface area (Å²) >= 11 is 6.49. The number of para-hydroxylation sites is 2. The molecule has 13 heteroatoms. The number of carbonyl (C=O) groups excluding carboxylic acids is 1. The second-order valence-electron chi connectivity index (χ2n) is 9.93. The number of aryl methyl sites for hydroxylation is 1. The lowest BCUT2D eigenvalue weighted by molar-refractivity contribution is -0.111. The van der Waals surface area contributed by atoms with Crippen LogP contribution < -0.4 is 30.3 Å². The summed E-state index contributed by atoms with van der Waals surface area (Å²) < 4.78 is 13.7. The van der Waals surface area contributed by atoms with Gasteiger partial charge < -0.3 is 39.8 Å². The predicted octanol–water partition coefficient (Wildman–Crippen LogP) is 4.81. The van der Waals surface area contributed by atoms with Crippen molar-refractivity contribution in [2.75, 3.05) is 61.2 Å². The zero-order valence-electron chi connectivity index (χ0n) is 24.3. The molecule has 12 nitrogen and oxygen atoms in total. The van der Waals surface area contributed by atoms with E-state index in [2.05, 4.69) is 54.3 Å². The van der Waals surface area contributed by atoms with Gasteiger partial charge in [-0.25, -0.2) is 9.97 Å². The minimum atomic E-state index is -0.315. The molecule has 2 aromatic carbocycles. The van der Waals surface area contributed by atoms with Gasteiger partial charge in [0.05, 0.1) is 36.1 Å². The van der Waals surface area contributed by atoms with Crippen LogP contribution in [0.2, 0.25) is 5.02 Å². The summed E-state index contributed by atoms with van der Waals surface area (Å²) in [5.41, 5.74) is 2.70. The van der Waals surface area contributed by atoms with Gasteiger partial charge in [-0.1, -0.05) is 30.3 Å². The van der Waals surface area contributed by atoms with E-state index < -0.39 is 0 Å². The number of nitrogens with zero attached hydrogens (tertiary/aromatic N) is 6. The summed E-state index contributed by atoms with van der Waals surface area (Å²) in [4.78, 5) is 30.1. The fourth-order valence-electron chi connectivity index (χ4n) is 4.57. The van der Waals surface area contributed by atoms with E-state index in [4.69, 9.17) is 21.1 Å². The van der Waals surface area contributed by atoms with E-state index in [1.165, 1.54) is 12.3 Å². The van der Waals surface area contributed by atoms with E-state index in [0.717, 1.165) is 37.7 Å². The third-order valence-electron chi connectivity index (χ3n) is 7.01. The van der Waals surface area contributed by atoms with Crippen LogP contribution in [-0.4, -0.2) is 70.7 Å². The molecule has 0 saturated carbocycles. The summed E-state index contributed by atoms with van der Waals surface area (Å²) in [6.45, 7) is 7.32. The molecule has 0 bridgehead atoms. The molecule has 0 atom stereocenters. The second kappa shape index (κ2) is 13.4. The van der Waals surface area contributed by atoms with Crippen LogP contribution in [0.1, 0.15) is 5.82 Å². The van der Waals surface area contributed by atoms with Crippen LogP contribution in [0.25, 0.3) is 0 Å². The summed E-state index contributed by atoms with van der Waals surface area (Å²) in [6, 6.07) is 11.2. The summed E-state index contributed by atoms with van der Waals surface area (Å²) in [6.07, 6.45) is 6.33. The van der Waals surface area contributed by atoms with Gasteiger partial charge in [-0.3, -0.25) is 4.79 Å². The molecule has 1 fully saturated rings. The lowest BCUT2D eigenvalue weighted by Gasteiger charge is -2.35. The van der Waals surface area contributed by atoms with Crippen LogP contribution in [0.4, 0.5) is 34.5 Å². The Balaban J connectivity index is 1.40. The Morgan fingerprint density at radius 1 is 1.05 bits per heavy atom. The van der Waals surface area contributed by atoms with Gasteiger partial charge in [0.15, 0.2) is 5.82 Å². The first kappa shape index (κ1) is 29.7. The average Bonchev–Trinajstić information content (AvgIpc) is 3.43. The van der Waals surface area contributed by atoms with E-state index in [-0.39, 0.29) is 11.9 Å². The van der Waals surface area contributed by atoms with Crippen molar-refractivity contribution < 1.29 is 14.3 Å². The molecule has 3 heterocycles. The zero-order valence-corrected chi connectivity index (χ0v) is 25.1. The molecule has 4 aromatic rings. The molecule has 3 N–H and O–H groups in total. The number of rotatable bonds is 11. The monoisotopic (exact) mass is 603 g/mol. The van der Waals surface area contributed by atoms with E-state index in [0.29, 0.717) is 46.0 Å². The maximum absolute atomic E-state index is 12.3. The molecule has 5 rings (SSSR count). The van der Waals surface area contributed by atoms with Gasteiger partial charge in [0.2, 0.25) is 11.9 Å². The van der Waals surface area contributed by atoms with Gasteiger partial charge in [-0.15, -0.1) is 0 Å². The highest BCUT2D eigenvalue weighted by Crippen LogP contribution is 2.39. The molecule has 1 aliphatic rings. The van der Waals surface area contributed by atoms with Gasteiger partial charge in [-0.05, 0) is 31.3 Å². The summed E-state index contributed by atoms with van der Waals surface area (Å²) in [5, 5.41) is 9.72. The predicted molar refractivity (Wildman–Crippen MR) is 169 cm³/mol. The van der Waals surface area contributed by atoms with Crippen molar-refractivity contribution in [1.82, 2.24) is 24.4 Å². The molecule has 1 amide bonds. The Kier molecular flexibility index (Phi) is 9.28. The average molecular weight is 604 g/mol. The lowest BCUT2D eigenvalue weighted by Crippen LogP contribution is -2.44. The quantitative estimate of drug-likeness (QED) is 0.206. The van der Waals surface area contributed by atoms with Crippen molar-refractivity contribution >= 4 is 52.0 Å². The number of carbonyl (C=O) groups is 1. The van der Waals surface area contributed by atoms with Gasteiger partial charge in [-0.2, -0.15) is 4.98 Å². The molecular formula is C30H34ClN9O3. The molecule has 43 heavy (non-hydrogen) atoms. The van der Waals surface area contributed by atoms with Crippen molar-refractivity contribution in [3.8, 4) is 11.5 Å². The number of ether oxygens (including phenoxy) is 2. The van der Waals surface area contributed by atoms with E-state index in [1.54, 1.807) is 19.4 Å². The second-order valence-corrected chi connectivity index (χ2v) is 10.3. The van der Waals surface area contributed by atoms with Crippen LogP contribution in [0, 0.1) is 0 Å². The molecule has 1 aliphatic heterocycles. The highest BCUT2D eigenvalue weighted by atomic mass is 35.5. The molecule has 0 radical (unpaired) electrons. The smallest absolute Gasteiger partial charge is 0.247 e. The Bertz CT molecular complexity index is 1600. The standard InChI is InChI=1S/C30H34ClN9O3/c1-5-28(41)34-22-16-23(26(42-4)17-24(22)40-14-12-38(2)13-15-40)36-30-33-18-20(31)29(37-30)35-21-8-6-7-9-25(21)43-19-27-32-10-11-39(27)3/h5-11,16-18H,1,12-15,19H2,2-4H3,(H,34,41)(H2,33,35,36,37). The molecule has 2 aromatic heterocycles. The first-order valence-electron chi connectivity index (χ1n) is 13.7. The Labute approximate surface area is 255 Å². The minimum absolute atomic E-state index is 0.268. The van der Waals surface area contributed by atoms with Crippen LogP contribution >= 0.6 is 11.6 Å². The Morgan fingerprint density at radius 3 is 2.56 bits per heavy atom. The molecule has 224 valence electrons. The SMILES string of the molecule is C=CC(=O)Nc1cc(Nc2ncc(Cl)c(Nc3ccccc3OCc3nccn3C)n2)c(OC)cc1N1CCN(C)CC1. The normalized spacial score (nSPS) is 13.3. The van der Waals surface area contributed by atoms with Crippen molar-refractivity contribution in [2.24, 2.45) is 7.05 Å². The van der Waals surface area contributed by atoms with Gasteiger partial charge >= 0.3 is 0 Å². The number of halogens is 1. The van der Waals surface area contributed by atoms with E-state index >= 15 is 0 Å². The van der Waals surface area contributed by atoms with Crippen LogP contribution in [-0.2, 0) is 18.4 Å². The molecule has 0 unspecified atom stereocenters. The minimum Gasteiger partial charge on any atom is -0.494 e. The molecular weight excluding hydrogens is 570 g/mol. The summed E-state index contributed by atoms with van der Waals surface area (Å²) in [5.74, 6) is 2.29. The Morgan fingerprint density at radius 2 is 1.84 bits per heavy atom. The van der Waals surface area contributed by atoms with Gasteiger partial charge in [0.25, 0.3) is 0 Å². The van der Waals surface area contributed by atoms with Crippen molar-refractivity contribution in [3.05, 3.63) is 78.5 Å². The fraction of sp³-hybridized carbons (Fsp3) is 0.267. The van der Waals surface area contributed by atoms with Crippen LogP contribution in [0.15, 0.2) is 67.6 Å². The first-order valence-corrected chi connectivity index (χ1v) is 14.1. The highest BCUT2D eigenvalue weighted by Gasteiger charge is 2.21. The van der Waals surface area contributed by atoms with Gasteiger partial charge in [0.1, 0.15) is 29.0 Å². The van der Waals surface area contributed by atoms with Crippen molar-refractivity contribution in [2.45, 2.75) is 6.61 Å². The number of nitrogens with one attached hydrogen (secondary N) is 3. The molecule has 1 saturated heterocycles. The highest BCUT2D eigenvalue weighted by molar-refractivity contribution is 6.33. The van der Waals surface area contributed by atoms with E-state index in [9.17, 15) is 4.79 Å². The number of anilines is 6. The van der Waals surface area contributed by atoms with Crippen molar-refractivity contribution in [3.63, 3.8) is 0 Å². The lowest BCUT2D eigenvalue weighted by atomic mass is 10.1. The fourth-order valence-corrected chi connectivity index (χ4v) is 4.70. The largest absolute Gasteiger partial charge is 0.494 e. The number of aromatic nitrogens is 4. The number of hydrogen-bond acceptors (Lipinski definition) is 10. The Hall–Kier alpha value is -4.81.